The smallest absolute Gasteiger partial charge is 0.156 e. The Morgan fingerprint density at radius 3 is 3.25 bits per heavy atom. The van der Waals surface area contributed by atoms with Gasteiger partial charge in [-0.1, -0.05) is 0 Å². The second-order valence-electron chi connectivity index (χ2n) is 4.40. The number of nitrogens with one attached hydrogen (secondary N) is 2. The van der Waals surface area contributed by atoms with Crippen LogP contribution in [0.25, 0.3) is 0 Å². The van der Waals surface area contributed by atoms with Gasteiger partial charge in [-0.05, 0) is 13.0 Å². The molecule has 1 saturated heterocycles. The molecule has 1 aromatic heterocycles. The molecule has 1 aromatic rings. The average molecular weight is 222 g/mol. The summed E-state index contributed by atoms with van der Waals surface area (Å²) in [5.41, 5.74) is 2.53. The fraction of sp³-hybridized carbons (Fsp3) is 0.727. The minimum Gasteiger partial charge on any atom is -0.376 e. The van der Waals surface area contributed by atoms with E-state index in [0.717, 1.165) is 45.0 Å². The van der Waals surface area contributed by atoms with Crippen LogP contribution in [-0.4, -0.2) is 43.0 Å². The molecule has 3 rings (SSSR count). The topological polar surface area (TPSA) is 53.2 Å². The van der Waals surface area contributed by atoms with Crippen molar-refractivity contribution in [1.29, 1.82) is 0 Å². The van der Waals surface area contributed by atoms with Crippen LogP contribution in [0.15, 0.2) is 0 Å². The minimum atomic E-state index is 0.713. The molecule has 1 fully saturated rings. The van der Waals surface area contributed by atoms with Crippen molar-refractivity contribution in [2.24, 2.45) is 0 Å². The number of rotatable bonds is 1. The van der Waals surface area contributed by atoms with Gasteiger partial charge in [0.25, 0.3) is 0 Å². The summed E-state index contributed by atoms with van der Waals surface area (Å²) in [5, 5.41) is 11.0. The Morgan fingerprint density at radius 1 is 1.25 bits per heavy atom. The Balaban J connectivity index is 1.84. The Kier molecular flexibility index (Phi) is 2.80. The van der Waals surface area contributed by atoms with Crippen molar-refractivity contribution in [1.82, 2.24) is 15.5 Å². The van der Waals surface area contributed by atoms with Crippen LogP contribution in [0.3, 0.4) is 0 Å². The van der Waals surface area contributed by atoms with E-state index in [4.69, 9.17) is 4.74 Å². The lowest BCUT2D eigenvalue weighted by atomic mass is 10.1. The third-order valence-electron chi connectivity index (χ3n) is 3.31. The zero-order chi connectivity index (χ0) is 10.8. The highest BCUT2D eigenvalue weighted by molar-refractivity contribution is 5.49. The number of hydrogen-bond donors (Lipinski definition) is 2. The SMILES string of the molecule is C1CNCCN(c2n[nH]c3c2COCC3)C1. The molecule has 0 aromatic carbocycles. The summed E-state index contributed by atoms with van der Waals surface area (Å²) >= 11 is 0. The highest BCUT2D eigenvalue weighted by atomic mass is 16.5. The lowest BCUT2D eigenvalue weighted by Gasteiger charge is -2.22. The summed E-state index contributed by atoms with van der Waals surface area (Å²) in [4.78, 5) is 2.37. The molecule has 0 bridgehead atoms. The van der Waals surface area contributed by atoms with Gasteiger partial charge in [0.05, 0.1) is 13.2 Å². The quantitative estimate of drug-likeness (QED) is 0.717. The van der Waals surface area contributed by atoms with Gasteiger partial charge in [0.2, 0.25) is 0 Å². The van der Waals surface area contributed by atoms with E-state index >= 15 is 0 Å². The van der Waals surface area contributed by atoms with Crippen molar-refractivity contribution < 1.29 is 4.74 Å². The lowest BCUT2D eigenvalue weighted by Crippen LogP contribution is -2.29. The first-order chi connectivity index (χ1) is 7.95. The van der Waals surface area contributed by atoms with Gasteiger partial charge < -0.3 is 15.0 Å². The van der Waals surface area contributed by atoms with Crippen molar-refractivity contribution in [3.63, 3.8) is 0 Å². The maximum Gasteiger partial charge on any atom is 0.156 e. The van der Waals surface area contributed by atoms with E-state index in [1.165, 1.54) is 17.7 Å². The molecular formula is C11H18N4O. The number of hydrogen-bond acceptors (Lipinski definition) is 4. The van der Waals surface area contributed by atoms with Crippen molar-refractivity contribution in [2.45, 2.75) is 19.4 Å². The van der Waals surface area contributed by atoms with Crippen LogP contribution in [0.2, 0.25) is 0 Å². The van der Waals surface area contributed by atoms with E-state index in [1.807, 2.05) is 0 Å². The fourth-order valence-corrected chi connectivity index (χ4v) is 2.42. The molecular weight excluding hydrogens is 204 g/mol. The van der Waals surface area contributed by atoms with Gasteiger partial charge in [0, 0.05) is 37.3 Å². The van der Waals surface area contributed by atoms with E-state index < -0.39 is 0 Å². The molecule has 2 N–H and O–H groups in total. The Labute approximate surface area is 95.2 Å². The van der Waals surface area contributed by atoms with Gasteiger partial charge >= 0.3 is 0 Å². The summed E-state index contributed by atoms with van der Waals surface area (Å²) in [6.45, 7) is 5.81. The van der Waals surface area contributed by atoms with E-state index in [0.29, 0.717) is 6.61 Å². The molecule has 5 heteroatoms. The first-order valence-electron chi connectivity index (χ1n) is 6.04. The lowest BCUT2D eigenvalue weighted by molar-refractivity contribution is 0.110. The number of aromatic amines is 1. The predicted molar refractivity (Wildman–Crippen MR) is 61.6 cm³/mol. The van der Waals surface area contributed by atoms with Crippen LogP contribution < -0.4 is 10.2 Å². The van der Waals surface area contributed by atoms with Crippen molar-refractivity contribution in [2.75, 3.05) is 37.7 Å². The standard InChI is InChI=1S/C11H18N4O/c1-3-12-4-6-15(5-1)11-9-8-16-7-2-10(9)13-14-11/h12H,1-8H2,(H,13,14). The molecule has 2 aliphatic rings. The zero-order valence-corrected chi connectivity index (χ0v) is 9.46. The third-order valence-corrected chi connectivity index (χ3v) is 3.31. The number of ether oxygens (including phenoxy) is 1. The monoisotopic (exact) mass is 222 g/mol. The molecule has 0 radical (unpaired) electrons. The maximum absolute atomic E-state index is 5.51. The van der Waals surface area contributed by atoms with Crippen LogP contribution in [0.4, 0.5) is 5.82 Å². The first-order valence-corrected chi connectivity index (χ1v) is 6.04. The Morgan fingerprint density at radius 2 is 2.25 bits per heavy atom. The molecule has 88 valence electrons. The van der Waals surface area contributed by atoms with Crippen LogP contribution in [0.5, 0.6) is 0 Å². The molecule has 0 unspecified atom stereocenters. The molecule has 0 amide bonds. The molecule has 5 nitrogen and oxygen atoms in total. The van der Waals surface area contributed by atoms with Crippen molar-refractivity contribution in [3.05, 3.63) is 11.3 Å². The largest absolute Gasteiger partial charge is 0.376 e. The summed E-state index contributed by atoms with van der Waals surface area (Å²) in [7, 11) is 0. The third kappa shape index (κ3) is 1.81. The first kappa shape index (κ1) is 10.1. The van der Waals surface area contributed by atoms with E-state index in [1.54, 1.807) is 0 Å². The van der Waals surface area contributed by atoms with Crippen LogP contribution in [0.1, 0.15) is 17.7 Å². The second-order valence-corrected chi connectivity index (χ2v) is 4.40. The molecule has 0 aliphatic carbocycles. The molecule has 16 heavy (non-hydrogen) atoms. The second kappa shape index (κ2) is 4.43. The van der Waals surface area contributed by atoms with Gasteiger partial charge in [-0.3, -0.25) is 5.10 Å². The summed E-state index contributed by atoms with van der Waals surface area (Å²) in [5.74, 6) is 1.11. The van der Waals surface area contributed by atoms with Crippen molar-refractivity contribution in [3.8, 4) is 0 Å². The summed E-state index contributed by atoms with van der Waals surface area (Å²) in [6.07, 6.45) is 2.15. The predicted octanol–water partition coefficient (Wildman–Crippen LogP) is 0.282. The normalized spacial score (nSPS) is 21.6. The molecule has 0 spiro atoms. The van der Waals surface area contributed by atoms with E-state index in [9.17, 15) is 0 Å². The van der Waals surface area contributed by atoms with Gasteiger partial charge in [0.1, 0.15) is 0 Å². The number of fused-ring (bicyclic) bond motifs is 1. The number of aromatic nitrogens is 2. The average Bonchev–Trinajstić information content (AvgIpc) is 2.57. The maximum atomic E-state index is 5.51. The highest BCUT2D eigenvalue weighted by Crippen LogP contribution is 2.25. The van der Waals surface area contributed by atoms with Crippen LogP contribution in [-0.2, 0) is 17.8 Å². The molecule has 0 saturated carbocycles. The van der Waals surface area contributed by atoms with Gasteiger partial charge in [-0.2, -0.15) is 5.10 Å². The van der Waals surface area contributed by atoms with Crippen LogP contribution >= 0.6 is 0 Å². The number of H-pyrrole nitrogens is 1. The van der Waals surface area contributed by atoms with E-state index in [-0.39, 0.29) is 0 Å². The summed E-state index contributed by atoms with van der Waals surface area (Å²) in [6, 6.07) is 0. The van der Waals surface area contributed by atoms with Gasteiger partial charge in [-0.25, -0.2) is 0 Å². The molecule has 3 heterocycles. The Bertz CT molecular complexity index is 355. The van der Waals surface area contributed by atoms with Crippen LogP contribution in [0, 0.1) is 0 Å². The number of anilines is 1. The summed E-state index contributed by atoms with van der Waals surface area (Å²) < 4.78 is 5.51. The van der Waals surface area contributed by atoms with Gasteiger partial charge in [-0.15, -0.1) is 0 Å². The van der Waals surface area contributed by atoms with Gasteiger partial charge in [0.15, 0.2) is 5.82 Å². The zero-order valence-electron chi connectivity index (χ0n) is 9.46. The minimum absolute atomic E-state index is 0.713. The molecule has 0 atom stereocenters. The number of nitrogens with zero attached hydrogens (tertiary/aromatic N) is 2. The fourth-order valence-electron chi connectivity index (χ4n) is 2.42. The highest BCUT2D eigenvalue weighted by Gasteiger charge is 2.21. The van der Waals surface area contributed by atoms with E-state index in [2.05, 4.69) is 20.4 Å². The van der Waals surface area contributed by atoms with Crippen molar-refractivity contribution >= 4 is 5.82 Å². The Hall–Kier alpha value is -1.07. The molecule has 2 aliphatic heterocycles.